The number of aromatic nitrogens is 3. The first kappa shape index (κ1) is 13.9. The maximum atomic E-state index is 11.8. The van der Waals surface area contributed by atoms with E-state index in [1.165, 1.54) is 11.8 Å². The highest BCUT2D eigenvalue weighted by Gasteiger charge is 2.12. The third-order valence-corrected chi connectivity index (χ3v) is 3.79. The number of thioether (sulfide) groups is 1. The summed E-state index contributed by atoms with van der Waals surface area (Å²) < 4.78 is 5.51. The van der Waals surface area contributed by atoms with E-state index in [1.54, 1.807) is 42.6 Å². The number of Topliss-reactive ketones (excluding diaryl/α,β-unsaturated/α-hetero) is 1. The molecule has 0 saturated carbocycles. The van der Waals surface area contributed by atoms with Gasteiger partial charge in [-0.25, -0.2) is 0 Å². The Kier molecular flexibility index (Phi) is 4.08. The Morgan fingerprint density at radius 2 is 2.05 bits per heavy atom. The Morgan fingerprint density at radius 1 is 1.24 bits per heavy atom. The van der Waals surface area contributed by atoms with Crippen LogP contribution in [0.4, 0.5) is 0 Å². The van der Waals surface area contributed by atoms with E-state index >= 15 is 0 Å². The zero-order chi connectivity index (χ0) is 14.7. The number of aromatic amines is 1. The maximum absolute atomic E-state index is 11.8. The van der Waals surface area contributed by atoms with Gasteiger partial charge < -0.3 is 9.40 Å². The van der Waals surface area contributed by atoms with Crippen LogP contribution in [-0.4, -0.2) is 26.7 Å². The zero-order valence-corrected chi connectivity index (χ0v) is 12.3. The van der Waals surface area contributed by atoms with Crippen LogP contribution in [0.3, 0.4) is 0 Å². The summed E-state index contributed by atoms with van der Waals surface area (Å²) in [5, 5.41) is 8.88. The molecule has 0 atom stereocenters. The molecule has 0 radical (unpaired) electrons. The van der Waals surface area contributed by atoms with Gasteiger partial charge >= 0.3 is 0 Å². The molecule has 7 heteroatoms. The summed E-state index contributed by atoms with van der Waals surface area (Å²) in [4.78, 5) is 14.7. The monoisotopic (exact) mass is 319 g/mol. The molecule has 0 fully saturated rings. The number of rotatable bonds is 5. The Hall–Kier alpha value is -2.05. The Bertz CT molecular complexity index is 738. The lowest BCUT2D eigenvalue weighted by Crippen LogP contribution is -2.02. The number of nitrogens with one attached hydrogen (secondary N) is 1. The van der Waals surface area contributed by atoms with Crippen LogP contribution < -0.4 is 0 Å². The summed E-state index contributed by atoms with van der Waals surface area (Å²) in [6, 6.07) is 10.6. The fraction of sp³-hybridized carbons (Fsp3) is 0.0714. The molecular formula is C14H10ClN3O2S. The minimum Gasteiger partial charge on any atom is -0.411 e. The lowest BCUT2D eigenvalue weighted by atomic mass is 10.2. The number of hydrogen-bond donors (Lipinski definition) is 1. The highest BCUT2D eigenvalue weighted by Crippen LogP contribution is 2.24. The number of ketones is 1. The van der Waals surface area contributed by atoms with Gasteiger partial charge in [-0.15, -0.1) is 10.2 Å². The second-order valence-corrected chi connectivity index (χ2v) is 5.54. The van der Waals surface area contributed by atoms with E-state index in [-0.39, 0.29) is 11.5 Å². The summed E-state index contributed by atoms with van der Waals surface area (Å²) in [5.41, 5.74) is 1.36. The third kappa shape index (κ3) is 3.34. The highest BCUT2D eigenvalue weighted by molar-refractivity contribution is 7.99. The lowest BCUT2D eigenvalue weighted by Gasteiger charge is -1.95. The minimum atomic E-state index is -0.0174. The van der Waals surface area contributed by atoms with Crippen molar-refractivity contribution in [1.29, 1.82) is 0 Å². The van der Waals surface area contributed by atoms with Crippen LogP contribution >= 0.6 is 23.4 Å². The van der Waals surface area contributed by atoms with Crippen molar-refractivity contribution in [1.82, 2.24) is 15.2 Å². The van der Waals surface area contributed by atoms with Crippen molar-refractivity contribution in [2.24, 2.45) is 0 Å². The van der Waals surface area contributed by atoms with E-state index in [4.69, 9.17) is 16.0 Å². The number of nitrogens with zero attached hydrogens (tertiary/aromatic N) is 2. The molecule has 0 amide bonds. The number of hydrogen-bond acceptors (Lipinski definition) is 5. The molecule has 0 aliphatic heterocycles. The molecule has 2 aromatic heterocycles. The average molecular weight is 320 g/mol. The molecule has 5 nitrogen and oxygen atoms in total. The second-order valence-electron chi connectivity index (χ2n) is 4.18. The molecule has 0 aliphatic carbocycles. The van der Waals surface area contributed by atoms with Crippen LogP contribution in [0.15, 0.2) is 52.2 Å². The summed E-state index contributed by atoms with van der Waals surface area (Å²) in [5.74, 6) is 0.626. The SMILES string of the molecule is O=C(CSc1nnc(-c2ccc(Cl)cc2)o1)c1ccc[nH]1. The van der Waals surface area contributed by atoms with E-state index in [0.29, 0.717) is 21.8 Å². The number of benzene rings is 1. The quantitative estimate of drug-likeness (QED) is 0.573. The topological polar surface area (TPSA) is 71.8 Å². The molecule has 3 aromatic rings. The fourth-order valence-electron chi connectivity index (χ4n) is 1.69. The van der Waals surface area contributed by atoms with E-state index in [1.807, 2.05) is 0 Å². The normalized spacial score (nSPS) is 10.7. The van der Waals surface area contributed by atoms with E-state index in [2.05, 4.69) is 15.2 Å². The van der Waals surface area contributed by atoms with Gasteiger partial charge in [0.2, 0.25) is 5.89 Å². The van der Waals surface area contributed by atoms with Gasteiger partial charge in [0.05, 0.1) is 11.4 Å². The Morgan fingerprint density at radius 3 is 2.76 bits per heavy atom. The highest BCUT2D eigenvalue weighted by atomic mass is 35.5. The first-order valence-corrected chi connectivity index (χ1v) is 7.47. The molecule has 3 rings (SSSR count). The molecule has 0 saturated heterocycles. The predicted octanol–water partition coefficient (Wildman–Crippen LogP) is 3.69. The zero-order valence-electron chi connectivity index (χ0n) is 10.7. The van der Waals surface area contributed by atoms with Crippen LogP contribution in [-0.2, 0) is 0 Å². The van der Waals surface area contributed by atoms with Crippen LogP contribution in [0, 0.1) is 0 Å². The van der Waals surface area contributed by atoms with Crippen LogP contribution in [0.25, 0.3) is 11.5 Å². The molecule has 0 unspecified atom stereocenters. The van der Waals surface area contributed by atoms with Crippen molar-refractivity contribution in [2.75, 3.05) is 5.75 Å². The number of H-pyrrole nitrogens is 1. The molecule has 0 bridgehead atoms. The van der Waals surface area contributed by atoms with Crippen LogP contribution in [0.1, 0.15) is 10.5 Å². The Balaban J connectivity index is 1.65. The third-order valence-electron chi connectivity index (χ3n) is 2.72. The summed E-state index contributed by atoms with van der Waals surface area (Å²) in [6.07, 6.45) is 1.71. The summed E-state index contributed by atoms with van der Waals surface area (Å²) >= 11 is 7.04. The fourth-order valence-corrected chi connectivity index (χ4v) is 2.46. The van der Waals surface area contributed by atoms with Crippen molar-refractivity contribution in [2.45, 2.75) is 5.22 Å². The largest absolute Gasteiger partial charge is 0.411 e. The summed E-state index contributed by atoms with van der Waals surface area (Å²) in [7, 11) is 0. The molecule has 0 aliphatic rings. The second kappa shape index (κ2) is 6.15. The molecule has 0 spiro atoms. The summed E-state index contributed by atoms with van der Waals surface area (Å²) in [6.45, 7) is 0. The van der Waals surface area contributed by atoms with E-state index < -0.39 is 0 Å². The average Bonchev–Trinajstić information content (AvgIpc) is 3.17. The van der Waals surface area contributed by atoms with Gasteiger partial charge in [-0.1, -0.05) is 23.4 Å². The van der Waals surface area contributed by atoms with Crippen molar-refractivity contribution < 1.29 is 9.21 Å². The molecule has 1 N–H and O–H groups in total. The number of carbonyl (C=O) groups is 1. The van der Waals surface area contributed by atoms with Crippen molar-refractivity contribution >= 4 is 29.1 Å². The van der Waals surface area contributed by atoms with Gasteiger partial charge in [0.1, 0.15) is 0 Å². The van der Waals surface area contributed by atoms with Crippen LogP contribution in [0.2, 0.25) is 5.02 Å². The van der Waals surface area contributed by atoms with Crippen molar-refractivity contribution in [3.8, 4) is 11.5 Å². The molecule has 21 heavy (non-hydrogen) atoms. The van der Waals surface area contributed by atoms with Gasteiger partial charge in [0.25, 0.3) is 5.22 Å². The van der Waals surface area contributed by atoms with E-state index in [0.717, 1.165) is 5.56 Å². The smallest absolute Gasteiger partial charge is 0.277 e. The van der Waals surface area contributed by atoms with Gasteiger partial charge in [-0.05, 0) is 36.4 Å². The molecule has 2 heterocycles. The lowest BCUT2D eigenvalue weighted by molar-refractivity contribution is 0.101. The maximum Gasteiger partial charge on any atom is 0.277 e. The van der Waals surface area contributed by atoms with Crippen LogP contribution in [0.5, 0.6) is 0 Å². The van der Waals surface area contributed by atoms with Gasteiger partial charge in [-0.3, -0.25) is 4.79 Å². The van der Waals surface area contributed by atoms with Gasteiger partial charge in [-0.2, -0.15) is 0 Å². The standard InChI is InChI=1S/C14H10ClN3O2S/c15-10-5-3-9(4-6-10)13-17-18-14(20-13)21-8-12(19)11-2-1-7-16-11/h1-7,16H,8H2. The van der Waals surface area contributed by atoms with Gasteiger partial charge in [0.15, 0.2) is 5.78 Å². The van der Waals surface area contributed by atoms with E-state index in [9.17, 15) is 4.79 Å². The minimum absolute atomic E-state index is 0.0174. The van der Waals surface area contributed by atoms with Crippen molar-refractivity contribution in [3.63, 3.8) is 0 Å². The first-order chi connectivity index (χ1) is 10.2. The number of halogens is 1. The van der Waals surface area contributed by atoms with Gasteiger partial charge in [0, 0.05) is 16.8 Å². The molecular weight excluding hydrogens is 310 g/mol. The molecule has 1 aromatic carbocycles. The Labute approximate surface area is 129 Å². The van der Waals surface area contributed by atoms with Crippen molar-refractivity contribution in [3.05, 3.63) is 53.3 Å². The predicted molar refractivity (Wildman–Crippen MR) is 80.6 cm³/mol. The first-order valence-electron chi connectivity index (χ1n) is 6.11. The number of carbonyl (C=O) groups excluding carboxylic acids is 1. The molecule has 106 valence electrons.